The Labute approximate surface area is 89.4 Å². The fraction of sp³-hybridized carbons (Fsp3) is 0.250. The van der Waals surface area contributed by atoms with Gasteiger partial charge >= 0.3 is 0 Å². The number of imidazole rings is 1. The molecule has 0 radical (unpaired) electrons. The van der Waals surface area contributed by atoms with Crippen molar-refractivity contribution in [2.75, 3.05) is 0 Å². The first-order chi connectivity index (χ1) is 7.09. The minimum atomic E-state index is -0.358. The second-order valence-electron chi connectivity index (χ2n) is 4.21. The van der Waals surface area contributed by atoms with E-state index in [1.807, 2.05) is 44.3 Å². The predicted octanol–water partition coefficient (Wildman–Crippen LogP) is 2.27. The lowest BCUT2D eigenvalue weighted by Crippen LogP contribution is -2.29. The molecule has 0 saturated heterocycles. The maximum absolute atomic E-state index is 6.12. The molecule has 0 amide bonds. The van der Waals surface area contributed by atoms with Crippen LogP contribution in [0.2, 0.25) is 0 Å². The largest absolute Gasteiger partial charge is 0.345 e. The van der Waals surface area contributed by atoms with Gasteiger partial charge in [-0.15, -0.1) is 0 Å². The molecule has 2 aromatic rings. The Hall–Kier alpha value is -1.61. The Morgan fingerprint density at radius 3 is 2.60 bits per heavy atom. The van der Waals surface area contributed by atoms with Crippen LogP contribution in [0.5, 0.6) is 0 Å². The lowest BCUT2D eigenvalue weighted by atomic mass is 9.91. The van der Waals surface area contributed by atoms with Crippen LogP contribution in [-0.2, 0) is 5.54 Å². The molecule has 15 heavy (non-hydrogen) atoms. The molecule has 0 bridgehead atoms. The average molecular weight is 201 g/mol. The molecule has 0 saturated carbocycles. The SMILES string of the molecule is CC(C)(N)c1ccccc1-c1ncc[nH]1. The maximum Gasteiger partial charge on any atom is 0.137 e. The molecule has 1 heterocycles. The number of hydrogen-bond acceptors (Lipinski definition) is 2. The molecule has 0 fully saturated rings. The molecule has 3 nitrogen and oxygen atoms in total. The number of benzene rings is 1. The highest BCUT2D eigenvalue weighted by molar-refractivity contribution is 5.61. The van der Waals surface area contributed by atoms with Crippen LogP contribution in [0, 0.1) is 0 Å². The van der Waals surface area contributed by atoms with Gasteiger partial charge in [0.2, 0.25) is 0 Å². The number of nitrogens with two attached hydrogens (primary N) is 1. The van der Waals surface area contributed by atoms with Crippen LogP contribution in [0.1, 0.15) is 19.4 Å². The van der Waals surface area contributed by atoms with E-state index in [4.69, 9.17) is 5.73 Å². The first kappa shape index (κ1) is 9.93. The molecule has 1 aromatic heterocycles. The summed E-state index contributed by atoms with van der Waals surface area (Å²) < 4.78 is 0. The highest BCUT2D eigenvalue weighted by Crippen LogP contribution is 2.27. The van der Waals surface area contributed by atoms with E-state index in [1.165, 1.54) is 0 Å². The van der Waals surface area contributed by atoms with E-state index >= 15 is 0 Å². The van der Waals surface area contributed by atoms with E-state index in [2.05, 4.69) is 9.97 Å². The molecule has 0 unspecified atom stereocenters. The summed E-state index contributed by atoms with van der Waals surface area (Å²) in [4.78, 5) is 7.35. The molecule has 0 aliphatic carbocycles. The van der Waals surface area contributed by atoms with Gasteiger partial charge in [-0.2, -0.15) is 0 Å². The molecule has 3 heteroatoms. The molecule has 78 valence electrons. The van der Waals surface area contributed by atoms with Gasteiger partial charge in [0.05, 0.1) is 0 Å². The third kappa shape index (κ3) is 1.92. The molecule has 0 atom stereocenters. The van der Waals surface area contributed by atoms with Crippen molar-refractivity contribution in [3.05, 3.63) is 42.2 Å². The Bertz CT molecular complexity index is 438. The summed E-state index contributed by atoms with van der Waals surface area (Å²) in [6.45, 7) is 3.99. The van der Waals surface area contributed by atoms with Crippen molar-refractivity contribution in [3.63, 3.8) is 0 Å². The van der Waals surface area contributed by atoms with E-state index in [1.54, 1.807) is 6.20 Å². The van der Waals surface area contributed by atoms with Crippen molar-refractivity contribution in [3.8, 4) is 11.4 Å². The maximum atomic E-state index is 6.12. The zero-order chi connectivity index (χ0) is 10.9. The van der Waals surface area contributed by atoms with Crippen LogP contribution >= 0.6 is 0 Å². The minimum absolute atomic E-state index is 0.358. The van der Waals surface area contributed by atoms with E-state index < -0.39 is 0 Å². The summed E-state index contributed by atoms with van der Waals surface area (Å²) in [7, 11) is 0. The smallest absolute Gasteiger partial charge is 0.137 e. The normalized spacial score (nSPS) is 11.7. The zero-order valence-electron chi connectivity index (χ0n) is 8.99. The zero-order valence-corrected chi connectivity index (χ0v) is 8.99. The van der Waals surface area contributed by atoms with Crippen LogP contribution in [0.4, 0.5) is 0 Å². The molecule has 0 spiro atoms. The summed E-state index contributed by atoms with van der Waals surface area (Å²) in [5.74, 6) is 0.865. The molecule has 0 aliphatic heterocycles. The van der Waals surface area contributed by atoms with Crippen LogP contribution in [0.15, 0.2) is 36.7 Å². The third-order valence-corrected chi connectivity index (χ3v) is 2.37. The van der Waals surface area contributed by atoms with E-state index in [9.17, 15) is 0 Å². The summed E-state index contributed by atoms with van der Waals surface area (Å²) in [6.07, 6.45) is 3.56. The number of nitrogens with one attached hydrogen (secondary N) is 1. The first-order valence-electron chi connectivity index (χ1n) is 4.97. The van der Waals surface area contributed by atoms with E-state index in [0.29, 0.717) is 0 Å². The van der Waals surface area contributed by atoms with Crippen molar-refractivity contribution in [1.29, 1.82) is 0 Å². The monoisotopic (exact) mass is 201 g/mol. The second-order valence-corrected chi connectivity index (χ2v) is 4.21. The molecule has 0 aliphatic rings. The molecular weight excluding hydrogens is 186 g/mol. The number of nitrogens with zero attached hydrogens (tertiary/aromatic N) is 1. The van der Waals surface area contributed by atoms with Crippen molar-refractivity contribution < 1.29 is 0 Å². The van der Waals surface area contributed by atoms with Crippen LogP contribution < -0.4 is 5.73 Å². The van der Waals surface area contributed by atoms with Gasteiger partial charge in [-0.25, -0.2) is 4.98 Å². The van der Waals surface area contributed by atoms with Gasteiger partial charge in [-0.1, -0.05) is 24.3 Å². The van der Waals surface area contributed by atoms with E-state index in [-0.39, 0.29) is 5.54 Å². The molecule has 1 aromatic carbocycles. The van der Waals surface area contributed by atoms with Crippen molar-refractivity contribution in [2.24, 2.45) is 5.73 Å². The van der Waals surface area contributed by atoms with Gasteiger partial charge in [-0.05, 0) is 19.4 Å². The van der Waals surface area contributed by atoms with Gasteiger partial charge in [-0.3, -0.25) is 0 Å². The number of hydrogen-bond donors (Lipinski definition) is 2. The summed E-state index contributed by atoms with van der Waals surface area (Å²) in [5, 5.41) is 0. The van der Waals surface area contributed by atoms with Crippen molar-refractivity contribution in [2.45, 2.75) is 19.4 Å². The molecule has 3 N–H and O–H groups in total. The fourth-order valence-corrected chi connectivity index (χ4v) is 1.66. The van der Waals surface area contributed by atoms with E-state index in [0.717, 1.165) is 17.0 Å². The van der Waals surface area contributed by atoms with Gasteiger partial charge < -0.3 is 10.7 Å². The Kier molecular flexibility index (Phi) is 2.32. The van der Waals surface area contributed by atoms with Crippen molar-refractivity contribution >= 4 is 0 Å². The molecular formula is C12H15N3. The van der Waals surface area contributed by atoms with Crippen LogP contribution in [-0.4, -0.2) is 9.97 Å². The van der Waals surface area contributed by atoms with Crippen molar-refractivity contribution in [1.82, 2.24) is 9.97 Å². The molecule has 2 rings (SSSR count). The second kappa shape index (κ2) is 3.51. The van der Waals surface area contributed by atoms with Gasteiger partial charge in [0.25, 0.3) is 0 Å². The number of aromatic nitrogens is 2. The Balaban J connectivity index is 2.58. The standard InChI is InChI=1S/C12H15N3/c1-12(2,13)10-6-4-3-5-9(10)11-14-7-8-15-11/h3-8H,13H2,1-2H3,(H,14,15). The highest BCUT2D eigenvalue weighted by atomic mass is 14.9. The third-order valence-electron chi connectivity index (χ3n) is 2.37. The summed E-state index contributed by atoms with van der Waals surface area (Å²) >= 11 is 0. The van der Waals surface area contributed by atoms with Gasteiger partial charge in [0.1, 0.15) is 5.82 Å². The Morgan fingerprint density at radius 1 is 1.27 bits per heavy atom. The Morgan fingerprint density at radius 2 is 2.00 bits per heavy atom. The summed E-state index contributed by atoms with van der Waals surface area (Å²) in [6, 6.07) is 8.06. The van der Waals surface area contributed by atoms with Gasteiger partial charge in [0.15, 0.2) is 0 Å². The summed E-state index contributed by atoms with van der Waals surface area (Å²) in [5.41, 5.74) is 7.93. The minimum Gasteiger partial charge on any atom is -0.345 e. The van der Waals surface area contributed by atoms with Gasteiger partial charge in [0, 0.05) is 23.5 Å². The van der Waals surface area contributed by atoms with Crippen LogP contribution in [0.3, 0.4) is 0 Å². The predicted molar refractivity (Wildman–Crippen MR) is 61.2 cm³/mol. The number of rotatable bonds is 2. The topological polar surface area (TPSA) is 54.7 Å². The average Bonchev–Trinajstić information content (AvgIpc) is 2.69. The number of H-pyrrole nitrogens is 1. The number of aromatic amines is 1. The fourth-order valence-electron chi connectivity index (χ4n) is 1.66. The first-order valence-corrected chi connectivity index (χ1v) is 4.97. The van der Waals surface area contributed by atoms with Crippen LogP contribution in [0.25, 0.3) is 11.4 Å². The lowest BCUT2D eigenvalue weighted by Gasteiger charge is -2.21. The lowest BCUT2D eigenvalue weighted by molar-refractivity contribution is 0.555. The quantitative estimate of drug-likeness (QED) is 0.783. The highest BCUT2D eigenvalue weighted by Gasteiger charge is 2.19.